The Morgan fingerprint density at radius 3 is 2.85 bits per heavy atom. The number of aromatic nitrogens is 2. The molecule has 5 heteroatoms. The highest BCUT2D eigenvalue weighted by Crippen LogP contribution is 2.32. The Morgan fingerprint density at radius 2 is 2.20 bits per heavy atom. The van der Waals surface area contributed by atoms with Gasteiger partial charge in [0.25, 0.3) is 0 Å². The highest BCUT2D eigenvalue weighted by atomic mass is 32.1. The third kappa shape index (κ3) is 2.44. The quantitative estimate of drug-likeness (QED) is 0.919. The average Bonchev–Trinajstić information content (AvgIpc) is 3.11. The first-order valence-electron chi connectivity index (χ1n) is 7.52. The molecule has 2 heterocycles. The van der Waals surface area contributed by atoms with Crippen molar-refractivity contribution in [1.82, 2.24) is 9.38 Å². The smallest absolute Gasteiger partial charge is 0.195 e. The number of aliphatic hydroxyl groups is 1. The van der Waals surface area contributed by atoms with E-state index in [1.54, 1.807) is 11.3 Å². The second-order valence-electron chi connectivity index (χ2n) is 6.08. The van der Waals surface area contributed by atoms with Crippen LogP contribution in [0, 0.1) is 5.92 Å². The summed E-state index contributed by atoms with van der Waals surface area (Å²) in [6, 6.07) is 0.590. The SMILES string of the molecule is CC(C)CN(c1nc2sccn2c1CO)C1CCCC1. The van der Waals surface area contributed by atoms with Gasteiger partial charge in [0.2, 0.25) is 0 Å². The van der Waals surface area contributed by atoms with Crippen molar-refractivity contribution < 1.29 is 5.11 Å². The van der Waals surface area contributed by atoms with Gasteiger partial charge in [-0.25, -0.2) is 4.98 Å². The second-order valence-corrected chi connectivity index (χ2v) is 6.95. The van der Waals surface area contributed by atoms with Gasteiger partial charge in [0.05, 0.1) is 12.3 Å². The molecule has 0 radical (unpaired) electrons. The third-order valence-electron chi connectivity index (χ3n) is 4.09. The van der Waals surface area contributed by atoms with Gasteiger partial charge in [-0.1, -0.05) is 26.7 Å². The number of aliphatic hydroxyl groups excluding tert-OH is 1. The van der Waals surface area contributed by atoms with Crippen LogP contribution in [0.25, 0.3) is 4.96 Å². The molecule has 0 unspecified atom stereocenters. The lowest BCUT2D eigenvalue weighted by molar-refractivity contribution is 0.275. The third-order valence-corrected chi connectivity index (χ3v) is 4.85. The summed E-state index contributed by atoms with van der Waals surface area (Å²) >= 11 is 1.63. The van der Waals surface area contributed by atoms with Gasteiger partial charge in [-0.2, -0.15) is 0 Å². The molecule has 3 rings (SSSR count). The van der Waals surface area contributed by atoms with Crippen molar-refractivity contribution >= 4 is 22.1 Å². The molecule has 1 aliphatic rings. The molecular formula is C15H23N3OS. The predicted molar refractivity (Wildman–Crippen MR) is 83.4 cm³/mol. The maximum absolute atomic E-state index is 9.77. The van der Waals surface area contributed by atoms with Gasteiger partial charge in [-0.3, -0.25) is 4.40 Å². The van der Waals surface area contributed by atoms with Crippen LogP contribution in [-0.2, 0) is 6.61 Å². The van der Waals surface area contributed by atoms with Gasteiger partial charge >= 0.3 is 0 Å². The maximum atomic E-state index is 9.77. The van der Waals surface area contributed by atoms with E-state index in [0.717, 1.165) is 23.0 Å². The zero-order chi connectivity index (χ0) is 14.1. The summed E-state index contributed by atoms with van der Waals surface area (Å²) in [5.74, 6) is 1.60. The van der Waals surface area contributed by atoms with Crippen LogP contribution in [0.1, 0.15) is 45.2 Å². The van der Waals surface area contributed by atoms with Gasteiger partial charge in [-0.15, -0.1) is 11.3 Å². The Balaban J connectivity index is 2.00. The van der Waals surface area contributed by atoms with Crippen molar-refractivity contribution in [3.63, 3.8) is 0 Å². The zero-order valence-electron chi connectivity index (χ0n) is 12.2. The summed E-state index contributed by atoms with van der Waals surface area (Å²) < 4.78 is 2.03. The lowest BCUT2D eigenvalue weighted by Gasteiger charge is -2.31. The fourth-order valence-corrected chi connectivity index (χ4v) is 3.94. The first kappa shape index (κ1) is 13.9. The molecule has 0 amide bonds. The molecule has 0 aliphatic heterocycles. The normalized spacial score (nSPS) is 16.6. The van der Waals surface area contributed by atoms with Crippen LogP contribution in [0.2, 0.25) is 0 Å². The van der Waals surface area contributed by atoms with Crippen molar-refractivity contribution in [3.05, 3.63) is 17.3 Å². The molecule has 0 atom stereocenters. The van der Waals surface area contributed by atoms with E-state index in [4.69, 9.17) is 4.98 Å². The van der Waals surface area contributed by atoms with Crippen molar-refractivity contribution in [2.45, 2.75) is 52.2 Å². The van der Waals surface area contributed by atoms with E-state index < -0.39 is 0 Å². The van der Waals surface area contributed by atoms with Crippen LogP contribution in [0.15, 0.2) is 11.6 Å². The van der Waals surface area contributed by atoms with Gasteiger partial charge in [0.1, 0.15) is 0 Å². The van der Waals surface area contributed by atoms with Crippen LogP contribution >= 0.6 is 11.3 Å². The second kappa shape index (κ2) is 5.74. The summed E-state index contributed by atoms with van der Waals surface area (Å²) in [4.78, 5) is 8.22. The van der Waals surface area contributed by atoms with Crippen molar-refractivity contribution in [1.29, 1.82) is 0 Å². The minimum absolute atomic E-state index is 0.0501. The number of hydrogen-bond donors (Lipinski definition) is 1. The van der Waals surface area contributed by atoms with E-state index in [-0.39, 0.29) is 6.61 Å². The fraction of sp³-hybridized carbons (Fsp3) is 0.667. The molecule has 1 N–H and O–H groups in total. The van der Waals surface area contributed by atoms with Gasteiger partial charge in [0.15, 0.2) is 10.8 Å². The monoisotopic (exact) mass is 293 g/mol. The van der Waals surface area contributed by atoms with Crippen LogP contribution in [0.3, 0.4) is 0 Å². The largest absolute Gasteiger partial charge is 0.390 e. The Hall–Kier alpha value is -1.07. The fourth-order valence-electron chi connectivity index (χ4n) is 3.22. The highest BCUT2D eigenvalue weighted by Gasteiger charge is 2.28. The number of anilines is 1. The summed E-state index contributed by atoms with van der Waals surface area (Å²) in [7, 11) is 0. The van der Waals surface area contributed by atoms with Crippen molar-refractivity contribution in [3.8, 4) is 0 Å². The van der Waals surface area contributed by atoms with Crippen LogP contribution < -0.4 is 4.90 Å². The molecule has 0 aromatic carbocycles. The molecule has 1 aliphatic carbocycles. The molecule has 2 aromatic rings. The minimum Gasteiger partial charge on any atom is -0.390 e. The Bertz CT molecular complexity index is 569. The number of thiazole rings is 1. The number of imidazole rings is 1. The standard InChI is InChI=1S/C15H23N3OS/c1-11(2)9-18(12-5-3-4-6-12)14-13(10-19)17-7-8-20-15(17)16-14/h7-8,11-12,19H,3-6,9-10H2,1-2H3. The Morgan fingerprint density at radius 1 is 1.45 bits per heavy atom. The van der Waals surface area contributed by atoms with Crippen molar-refractivity contribution in [2.75, 3.05) is 11.4 Å². The number of nitrogens with zero attached hydrogens (tertiary/aromatic N) is 3. The lowest BCUT2D eigenvalue weighted by atomic mass is 10.1. The van der Waals surface area contributed by atoms with Gasteiger partial charge in [0, 0.05) is 24.2 Å². The summed E-state index contributed by atoms with van der Waals surface area (Å²) in [6.45, 7) is 5.56. The minimum atomic E-state index is 0.0501. The van der Waals surface area contributed by atoms with Gasteiger partial charge < -0.3 is 10.0 Å². The maximum Gasteiger partial charge on any atom is 0.195 e. The first-order chi connectivity index (χ1) is 9.70. The number of fused-ring (bicyclic) bond motifs is 1. The number of hydrogen-bond acceptors (Lipinski definition) is 4. The van der Waals surface area contributed by atoms with E-state index >= 15 is 0 Å². The molecule has 110 valence electrons. The molecular weight excluding hydrogens is 270 g/mol. The summed E-state index contributed by atoms with van der Waals surface area (Å²) in [6.07, 6.45) is 7.14. The Labute approximate surface area is 124 Å². The van der Waals surface area contributed by atoms with Crippen molar-refractivity contribution in [2.24, 2.45) is 5.92 Å². The molecule has 1 saturated carbocycles. The van der Waals surface area contributed by atoms with E-state index in [9.17, 15) is 5.11 Å². The van der Waals surface area contributed by atoms with Crippen LogP contribution in [0.4, 0.5) is 5.82 Å². The summed E-state index contributed by atoms with van der Waals surface area (Å²) in [5, 5.41) is 11.8. The predicted octanol–water partition coefficient (Wildman–Crippen LogP) is 3.29. The van der Waals surface area contributed by atoms with E-state index in [0.29, 0.717) is 12.0 Å². The van der Waals surface area contributed by atoms with Crippen LogP contribution in [0.5, 0.6) is 0 Å². The Kier molecular flexibility index (Phi) is 3.98. The van der Waals surface area contributed by atoms with E-state index in [1.807, 2.05) is 16.0 Å². The first-order valence-corrected chi connectivity index (χ1v) is 8.40. The van der Waals surface area contributed by atoms with Gasteiger partial charge in [-0.05, 0) is 18.8 Å². The summed E-state index contributed by atoms with van der Waals surface area (Å²) in [5.41, 5.74) is 0.939. The molecule has 4 nitrogen and oxygen atoms in total. The average molecular weight is 293 g/mol. The molecule has 0 saturated heterocycles. The molecule has 0 bridgehead atoms. The van der Waals surface area contributed by atoms with E-state index in [1.165, 1.54) is 25.7 Å². The number of rotatable bonds is 5. The van der Waals surface area contributed by atoms with E-state index in [2.05, 4.69) is 18.7 Å². The lowest BCUT2D eigenvalue weighted by Crippen LogP contribution is -2.37. The zero-order valence-corrected chi connectivity index (χ0v) is 13.1. The molecule has 20 heavy (non-hydrogen) atoms. The van der Waals surface area contributed by atoms with Crippen LogP contribution in [-0.4, -0.2) is 27.1 Å². The molecule has 0 spiro atoms. The topological polar surface area (TPSA) is 40.8 Å². The molecule has 1 fully saturated rings. The molecule has 2 aromatic heterocycles. The highest BCUT2D eigenvalue weighted by molar-refractivity contribution is 7.15.